The molecule has 0 aliphatic carbocycles. The highest BCUT2D eigenvalue weighted by Gasteiger charge is 2.20. The molecule has 1 fully saturated rings. The van der Waals surface area contributed by atoms with Gasteiger partial charge >= 0.3 is 5.97 Å². The number of carbonyl (C=O) groups excluding carboxylic acids is 1. The highest BCUT2D eigenvalue weighted by Crippen LogP contribution is 2.22. The van der Waals surface area contributed by atoms with E-state index in [1.54, 1.807) is 6.07 Å². The lowest BCUT2D eigenvalue weighted by Gasteiger charge is -2.34. The third-order valence-corrected chi connectivity index (χ3v) is 3.59. The van der Waals surface area contributed by atoms with Gasteiger partial charge in [-0.1, -0.05) is 6.92 Å². The van der Waals surface area contributed by atoms with Crippen LogP contribution in [0.3, 0.4) is 0 Å². The monoisotopic (exact) mass is 279 g/mol. The van der Waals surface area contributed by atoms with Crippen molar-refractivity contribution in [3.05, 3.63) is 17.7 Å². The molecule has 110 valence electrons. The van der Waals surface area contributed by atoms with Gasteiger partial charge in [0.15, 0.2) is 0 Å². The van der Waals surface area contributed by atoms with Crippen LogP contribution < -0.4 is 9.64 Å². The van der Waals surface area contributed by atoms with Crippen LogP contribution in [0.1, 0.15) is 17.3 Å². The van der Waals surface area contributed by atoms with E-state index >= 15 is 0 Å². The maximum atomic E-state index is 11.6. The molecular formula is C14H21N3O3. The van der Waals surface area contributed by atoms with Crippen molar-refractivity contribution in [2.75, 3.05) is 51.8 Å². The Morgan fingerprint density at radius 1 is 1.25 bits per heavy atom. The van der Waals surface area contributed by atoms with Gasteiger partial charge in [0.1, 0.15) is 11.4 Å². The molecule has 1 aliphatic rings. The summed E-state index contributed by atoms with van der Waals surface area (Å²) < 4.78 is 9.91. The number of piperazine rings is 1. The summed E-state index contributed by atoms with van der Waals surface area (Å²) >= 11 is 0. The molecule has 0 saturated carbocycles. The maximum absolute atomic E-state index is 11.6. The molecule has 0 bridgehead atoms. The number of likely N-dealkylation sites (N-methyl/N-ethyl adjacent to an activating group) is 1. The minimum atomic E-state index is -0.434. The predicted octanol–water partition coefficient (Wildman–Crippen LogP) is 1.02. The zero-order chi connectivity index (χ0) is 14.5. The molecule has 2 rings (SSSR count). The van der Waals surface area contributed by atoms with E-state index in [0.717, 1.165) is 38.5 Å². The summed E-state index contributed by atoms with van der Waals surface area (Å²) in [4.78, 5) is 20.6. The zero-order valence-electron chi connectivity index (χ0n) is 12.3. The van der Waals surface area contributed by atoms with Crippen molar-refractivity contribution < 1.29 is 14.3 Å². The summed E-state index contributed by atoms with van der Waals surface area (Å²) in [5, 5.41) is 0. The molecule has 6 heteroatoms. The van der Waals surface area contributed by atoms with Crippen molar-refractivity contribution in [2.45, 2.75) is 6.92 Å². The van der Waals surface area contributed by atoms with Crippen LogP contribution >= 0.6 is 0 Å². The zero-order valence-corrected chi connectivity index (χ0v) is 12.3. The number of ether oxygens (including phenoxy) is 2. The van der Waals surface area contributed by atoms with Crippen LogP contribution in [0.25, 0.3) is 0 Å². The van der Waals surface area contributed by atoms with Crippen LogP contribution in [0.15, 0.2) is 12.1 Å². The largest absolute Gasteiger partial charge is 0.480 e. The lowest BCUT2D eigenvalue weighted by atomic mass is 10.2. The molecule has 20 heavy (non-hydrogen) atoms. The number of pyridine rings is 1. The Hall–Kier alpha value is -1.82. The van der Waals surface area contributed by atoms with Gasteiger partial charge in [-0.3, -0.25) is 0 Å². The third-order valence-electron chi connectivity index (χ3n) is 3.59. The van der Waals surface area contributed by atoms with Gasteiger partial charge in [0.05, 0.1) is 14.2 Å². The first-order valence-corrected chi connectivity index (χ1v) is 6.80. The average Bonchev–Trinajstić information content (AvgIpc) is 2.53. The van der Waals surface area contributed by atoms with Gasteiger partial charge < -0.3 is 19.3 Å². The van der Waals surface area contributed by atoms with Crippen LogP contribution in [-0.2, 0) is 4.74 Å². The first-order valence-electron chi connectivity index (χ1n) is 6.80. The van der Waals surface area contributed by atoms with Gasteiger partial charge in [0, 0.05) is 26.2 Å². The minimum absolute atomic E-state index is 0.312. The lowest BCUT2D eigenvalue weighted by Crippen LogP contribution is -2.46. The number of esters is 1. The van der Waals surface area contributed by atoms with Crippen molar-refractivity contribution in [1.29, 1.82) is 0 Å². The molecule has 0 atom stereocenters. The Morgan fingerprint density at radius 3 is 2.50 bits per heavy atom. The molecular weight excluding hydrogens is 258 g/mol. The summed E-state index contributed by atoms with van der Waals surface area (Å²) in [5.41, 5.74) is 0.353. The normalized spacial score (nSPS) is 16.1. The molecule has 0 radical (unpaired) electrons. The predicted molar refractivity (Wildman–Crippen MR) is 76.5 cm³/mol. The van der Waals surface area contributed by atoms with Gasteiger partial charge in [-0.05, 0) is 18.7 Å². The SMILES string of the molecule is CCN1CCN(c2ccc(C(=O)OC)c(OC)n2)CC1. The van der Waals surface area contributed by atoms with E-state index in [-0.39, 0.29) is 0 Å². The Kier molecular flexibility index (Phi) is 4.79. The van der Waals surface area contributed by atoms with E-state index in [4.69, 9.17) is 9.47 Å². The smallest absolute Gasteiger partial charge is 0.343 e. The van der Waals surface area contributed by atoms with Crippen LogP contribution in [0.4, 0.5) is 5.82 Å². The van der Waals surface area contributed by atoms with Crippen molar-refractivity contribution >= 4 is 11.8 Å². The van der Waals surface area contributed by atoms with E-state index in [2.05, 4.69) is 21.7 Å². The summed E-state index contributed by atoms with van der Waals surface area (Å²) in [6.45, 7) is 7.16. The van der Waals surface area contributed by atoms with Gasteiger partial charge in [-0.15, -0.1) is 0 Å². The van der Waals surface area contributed by atoms with Crippen molar-refractivity contribution in [3.63, 3.8) is 0 Å². The fourth-order valence-electron chi connectivity index (χ4n) is 2.32. The maximum Gasteiger partial charge on any atom is 0.343 e. The second kappa shape index (κ2) is 6.56. The molecule has 1 saturated heterocycles. The van der Waals surface area contributed by atoms with E-state index in [0.29, 0.717) is 11.4 Å². The van der Waals surface area contributed by atoms with E-state index < -0.39 is 5.97 Å². The summed E-state index contributed by atoms with van der Waals surface area (Å²) in [7, 11) is 2.85. The topological polar surface area (TPSA) is 54.9 Å². The Bertz CT molecular complexity index is 471. The molecule has 0 amide bonds. The number of methoxy groups -OCH3 is 2. The molecule has 1 aromatic rings. The summed E-state index contributed by atoms with van der Waals surface area (Å²) in [5.74, 6) is 0.717. The number of carbonyl (C=O) groups is 1. The molecule has 0 spiro atoms. The highest BCUT2D eigenvalue weighted by atomic mass is 16.5. The number of nitrogens with zero attached hydrogens (tertiary/aromatic N) is 3. The number of anilines is 1. The molecule has 0 aromatic carbocycles. The molecule has 0 N–H and O–H groups in total. The number of aromatic nitrogens is 1. The Morgan fingerprint density at radius 2 is 1.95 bits per heavy atom. The van der Waals surface area contributed by atoms with Gasteiger partial charge in [0.25, 0.3) is 0 Å². The summed E-state index contributed by atoms with van der Waals surface area (Å²) in [6, 6.07) is 3.55. The molecule has 1 aliphatic heterocycles. The van der Waals surface area contributed by atoms with E-state index in [9.17, 15) is 4.79 Å². The quantitative estimate of drug-likeness (QED) is 0.767. The van der Waals surface area contributed by atoms with Crippen molar-refractivity contribution in [3.8, 4) is 5.88 Å². The van der Waals surface area contributed by atoms with Crippen molar-refractivity contribution in [2.24, 2.45) is 0 Å². The number of hydrogen-bond acceptors (Lipinski definition) is 6. The molecule has 1 aromatic heterocycles. The minimum Gasteiger partial charge on any atom is -0.480 e. The molecule has 0 unspecified atom stereocenters. The van der Waals surface area contributed by atoms with E-state index in [1.807, 2.05) is 6.07 Å². The van der Waals surface area contributed by atoms with Gasteiger partial charge in [0.2, 0.25) is 5.88 Å². The Balaban J connectivity index is 2.16. The second-order valence-electron chi connectivity index (χ2n) is 4.64. The lowest BCUT2D eigenvalue weighted by molar-refractivity contribution is 0.0596. The van der Waals surface area contributed by atoms with Crippen LogP contribution in [0.5, 0.6) is 5.88 Å². The third kappa shape index (κ3) is 3.01. The van der Waals surface area contributed by atoms with Crippen LogP contribution in [0, 0.1) is 0 Å². The fourth-order valence-corrected chi connectivity index (χ4v) is 2.32. The van der Waals surface area contributed by atoms with E-state index in [1.165, 1.54) is 14.2 Å². The van der Waals surface area contributed by atoms with Crippen molar-refractivity contribution in [1.82, 2.24) is 9.88 Å². The molecule has 2 heterocycles. The fraction of sp³-hybridized carbons (Fsp3) is 0.571. The summed E-state index contributed by atoms with van der Waals surface area (Å²) in [6.07, 6.45) is 0. The highest BCUT2D eigenvalue weighted by molar-refractivity contribution is 5.92. The second-order valence-corrected chi connectivity index (χ2v) is 4.64. The first-order chi connectivity index (χ1) is 9.69. The molecule has 6 nitrogen and oxygen atoms in total. The number of rotatable bonds is 4. The average molecular weight is 279 g/mol. The van der Waals surface area contributed by atoms with Gasteiger partial charge in [-0.25, -0.2) is 4.79 Å². The standard InChI is InChI=1S/C14H21N3O3/c1-4-16-7-9-17(10-8-16)12-6-5-11(14(18)20-3)13(15-12)19-2/h5-6H,4,7-10H2,1-3H3. The van der Waals surface area contributed by atoms with Crippen LogP contribution in [0.2, 0.25) is 0 Å². The van der Waals surface area contributed by atoms with Crippen LogP contribution in [-0.4, -0.2) is 62.8 Å². The number of hydrogen-bond donors (Lipinski definition) is 0. The Labute approximate surface area is 119 Å². The first kappa shape index (κ1) is 14.6. The van der Waals surface area contributed by atoms with Gasteiger partial charge in [-0.2, -0.15) is 4.98 Å².